The van der Waals surface area contributed by atoms with Crippen molar-refractivity contribution in [2.24, 2.45) is 22.7 Å². The summed E-state index contributed by atoms with van der Waals surface area (Å²) in [4.78, 5) is 23.6. The van der Waals surface area contributed by atoms with E-state index in [-0.39, 0.29) is 40.4 Å². The highest BCUT2D eigenvalue weighted by atomic mass is 16.6. The van der Waals surface area contributed by atoms with Gasteiger partial charge >= 0.3 is 5.97 Å². The van der Waals surface area contributed by atoms with Crippen LogP contribution in [0.25, 0.3) is 0 Å². The van der Waals surface area contributed by atoms with Gasteiger partial charge < -0.3 is 9.47 Å². The fourth-order valence-electron chi connectivity index (χ4n) is 7.14. The number of ketones is 1. The van der Waals surface area contributed by atoms with Crippen molar-refractivity contribution in [3.8, 4) is 0 Å². The van der Waals surface area contributed by atoms with Crippen molar-refractivity contribution < 1.29 is 19.1 Å². The molecule has 5 rings (SSSR count). The maximum Gasteiger partial charge on any atom is 0.303 e. The van der Waals surface area contributed by atoms with Crippen LogP contribution in [0.5, 0.6) is 0 Å². The van der Waals surface area contributed by atoms with Crippen LogP contribution in [0.1, 0.15) is 53.4 Å². The average Bonchev–Trinajstić information content (AvgIpc) is 3.19. The van der Waals surface area contributed by atoms with Gasteiger partial charge in [-0.2, -0.15) is 0 Å². The Bertz CT molecular complexity index is 835. The Hall–Kier alpha value is -1.68. The average molecular weight is 368 g/mol. The molecule has 0 radical (unpaired) electrons. The van der Waals surface area contributed by atoms with E-state index in [9.17, 15) is 9.59 Å². The molecule has 1 aliphatic heterocycles. The normalized spacial score (nSPS) is 49.0. The van der Waals surface area contributed by atoms with E-state index < -0.39 is 0 Å². The Morgan fingerprint density at radius 1 is 1.22 bits per heavy atom. The van der Waals surface area contributed by atoms with Gasteiger partial charge in [0.15, 0.2) is 5.78 Å². The van der Waals surface area contributed by atoms with Gasteiger partial charge in [-0.05, 0) is 69.1 Å². The summed E-state index contributed by atoms with van der Waals surface area (Å²) >= 11 is 0. The Labute approximate surface area is 160 Å². The number of allylic oxidation sites excluding steroid dienone is 2. The van der Waals surface area contributed by atoms with E-state index in [0.717, 1.165) is 31.3 Å². The predicted octanol–water partition coefficient (Wildman–Crippen LogP) is 3.91. The molecule has 0 amide bonds. The highest BCUT2D eigenvalue weighted by Gasteiger charge is 2.78. The molecule has 4 heteroatoms. The molecule has 7 atom stereocenters. The van der Waals surface area contributed by atoms with Crippen molar-refractivity contribution in [3.63, 3.8) is 0 Å². The lowest BCUT2D eigenvalue weighted by atomic mass is 9.47. The summed E-state index contributed by atoms with van der Waals surface area (Å²) in [6.45, 7) is 7.74. The number of carbonyl (C=O) groups is 2. The first-order chi connectivity index (χ1) is 12.7. The van der Waals surface area contributed by atoms with Crippen LogP contribution in [0.15, 0.2) is 35.5 Å². The number of fused-ring (bicyclic) bond motifs is 3. The fraction of sp³-hybridized carbons (Fsp3) is 0.652. The molecule has 4 nitrogen and oxygen atoms in total. The lowest BCUT2D eigenvalue weighted by Crippen LogP contribution is -2.56. The van der Waals surface area contributed by atoms with Crippen molar-refractivity contribution in [1.29, 1.82) is 0 Å². The zero-order valence-corrected chi connectivity index (χ0v) is 16.6. The molecular weight excluding hydrogens is 340 g/mol. The molecule has 0 aromatic heterocycles. The van der Waals surface area contributed by atoms with Gasteiger partial charge in [0, 0.05) is 17.8 Å². The first kappa shape index (κ1) is 17.4. The summed E-state index contributed by atoms with van der Waals surface area (Å²) in [5, 5.41) is 0. The highest BCUT2D eigenvalue weighted by Crippen LogP contribution is 2.74. The quantitative estimate of drug-likeness (QED) is 0.421. The topological polar surface area (TPSA) is 55.9 Å². The molecule has 2 saturated carbocycles. The second kappa shape index (κ2) is 5.22. The van der Waals surface area contributed by atoms with E-state index in [1.807, 2.05) is 6.08 Å². The molecule has 3 fully saturated rings. The number of carbonyl (C=O) groups excluding carboxylic acids is 2. The number of Topliss-reactive ketones (excluding diaryl/α,β-unsaturated/α-hetero) is 1. The standard InChI is InChI=1S/C23H28O4/c1-13(24)17-7-8-18-19-6-5-15-11-16(26-14(2)25)9-10-22(15,4)23(19)20(27-23)12-21(17,18)3/h7,9-11,16,18-20H,5-6,8,12H2,1-4H3/t16?,18-,19?,20-,21+,22-,23+/m0/s1. The van der Waals surface area contributed by atoms with Crippen LogP contribution >= 0.6 is 0 Å². The number of ether oxygens (including phenoxy) is 2. The van der Waals surface area contributed by atoms with Gasteiger partial charge in [0.1, 0.15) is 11.7 Å². The minimum atomic E-state index is -0.262. The Morgan fingerprint density at radius 3 is 2.70 bits per heavy atom. The second-order valence-electron chi connectivity index (χ2n) is 9.51. The summed E-state index contributed by atoms with van der Waals surface area (Å²) in [6.07, 6.45) is 12.5. The first-order valence-corrected chi connectivity index (χ1v) is 10.2. The van der Waals surface area contributed by atoms with Gasteiger partial charge in [-0.25, -0.2) is 0 Å². The molecule has 2 unspecified atom stereocenters. The van der Waals surface area contributed by atoms with Crippen molar-refractivity contribution >= 4 is 11.8 Å². The van der Waals surface area contributed by atoms with Crippen LogP contribution in [0, 0.1) is 22.7 Å². The van der Waals surface area contributed by atoms with Gasteiger partial charge in [-0.15, -0.1) is 0 Å². The van der Waals surface area contributed by atoms with Crippen molar-refractivity contribution in [2.45, 2.75) is 71.2 Å². The summed E-state index contributed by atoms with van der Waals surface area (Å²) in [7, 11) is 0. The Kier molecular flexibility index (Phi) is 3.37. The zero-order valence-electron chi connectivity index (χ0n) is 16.6. The Balaban J connectivity index is 1.50. The van der Waals surface area contributed by atoms with E-state index in [1.54, 1.807) is 6.92 Å². The molecule has 5 aliphatic rings. The summed E-state index contributed by atoms with van der Waals surface area (Å²) in [6, 6.07) is 0. The van der Waals surface area contributed by atoms with Gasteiger partial charge in [0.25, 0.3) is 0 Å². The minimum absolute atomic E-state index is 0.0442. The number of hydrogen-bond donors (Lipinski definition) is 0. The van der Waals surface area contributed by atoms with Gasteiger partial charge in [-0.3, -0.25) is 9.59 Å². The highest BCUT2D eigenvalue weighted by molar-refractivity contribution is 5.95. The van der Waals surface area contributed by atoms with E-state index in [2.05, 4.69) is 32.1 Å². The zero-order chi connectivity index (χ0) is 19.2. The van der Waals surface area contributed by atoms with Crippen LogP contribution in [0.3, 0.4) is 0 Å². The third kappa shape index (κ3) is 2.03. The second-order valence-corrected chi connectivity index (χ2v) is 9.51. The van der Waals surface area contributed by atoms with Gasteiger partial charge in [-0.1, -0.05) is 24.6 Å². The van der Waals surface area contributed by atoms with Crippen LogP contribution < -0.4 is 0 Å². The SMILES string of the molecule is CC(=O)OC1C=C[C@@]2(C)C(=C1)CCC1[C@@H]3CC=C(C(C)=O)[C@@]3(C)C[C@@H]3O[C@]132. The summed E-state index contributed by atoms with van der Waals surface area (Å²) in [5.41, 5.74) is 2.03. The molecule has 0 bridgehead atoms. The van der Waals surface area contributed by atoms with Crippen LogP contribution in [0.4, 0.5) is 0 Å². The summed E-state index contributed by atoms with van der Waals surface area (Å²) < 4.78 is 12.0. The fourth-order valence-corrected chi connectivity index (χ4v) is 7.14. The van der Waals surface area contributed by atoms with E-state index >= 15 is 0 Å². The maximum atomic E-state index is 12.2. The molecule has 4 aliphatic carbocycles. The predicted molar refractivity (Wildman–Crippen MR) is 101 cm³/mol. The van der Waals surface area contributed by atoms with Gasteiger partial charge in [0.05, 0.1) is 6.10 Å². The van der Waals surface area contributed by atoms with E-state index in [0.29, 0.717) is 11.8 Å². The molecule has 1 saturated heterocycles. The molecule has 27 heavy (non-hydrogen) atoms. The number of epoxide rings is 1. The largest absolute Gasteiger partial charge is 0.454 e. The van der Waals surface area contributed by atoms with Crippen LogP contribution in [-0.2, 0) is 19.1 Å². The molecule has 0 N–H and O–H groups in total. The van der Waals surface area contributed by atoms with Crippen molar-refractivity contribution in [2.75, 3.05) is 0 Å². The molecule has 1 heterocycles. The number of rotatable bonds is 2. The van der Waals surface area contributed by atoms with Crippen LogP contribution in [0.2, 0.25) is 0 Å². The lowest BCUT2D eigenvalue weighted by Gasteiger charge is -2.54. The molecule has 1 spiro atoms. The molecular formula is C23H28O4. The molecule has 144 valence electrons. The van der Waals surface area contributed by atoms with Crippen molar-refractivity contribution in [3.05, 3.63) is 35.5 Å². The van der Waals surface area contributed by atoms with Crippen molar-refractivity contribution in [1.82, 2.24) is 0 Å². The molecule has 0 aromatic rings. The number of esters is 1. The third-order valence-electron chi connectivity index (χ3n) is 8.28. The minimum Gasteiger partial charge on any atom is -0.454 e. The first-order valence-electron chi connectivity index (χ1n) is 10.2. The monoisotopic (exact) mass is 368 g/mol. The van der Waals surface area contributed by atoms with E-state index in [4.69, 9.17) is 9.47 Å². The van der Waals surface area contributed by atoms with Crippen LogP contribution in [-0.4, -0.2) is 29.6 Å². The smallest absolute Gasteiger partial charge is 0.303 e. The Morgan fingerprint density at radius 2 is 2.00 bits per heavy atom. The molecule has 0 aromatic carbocycles. The maximum absolute atomic E-state index is 12.2. The van der Waals surface area contributed by atoms with Gasteiger partial charge in [0.2, 0.25) is 0 Å². The third-order valence-corrected chi connectivity index (χ3v) is 8.28. The number of hydrogen-bond acceptors (Lipinski definition) is 4. The van der Waals surface area contributed by atoms with E-state index in [1.165, 1.54) is 12.5 Å². The summed E-state index contributed by atoms with van der Waals surface area (Å²) in [5.74, 6) is 0.914. The lowest BCUT2D eigenvalue weighted by molar-refractivity contribution is -0.142.